The van der Waals surface area contributed by atoms with Gasteiger partial charge >= 0.3 is 0 Å². The van der Waals surface area contributed by atoms with Crippen LogP contribution < -0.4 is 10.5 Å². The van der Waals surface area contributed by atoms with Crippen molar-refractivity contribution in [2.75, 3.05) is 19.4 Å². The first kappa shape index (κ1) is 15.1. The zero-order valence-corrected chi connectivity index (χ0v) is 13.0. The quantitative estimate of drug-likeness (QED) is 0.867. The summed E-state index contributed by atoms with van der Waals surface area (Å²) in [5, 5.41) is 0. The van der Waals surface area contributed by atoms with Gasteiger partial charge in [-0.3, -0.25) is 0 Å². The molecule has 1 heterocycles. The van der Waals surface area contributed by atoms with Crippen LogP contribution in [0.4, 0.5) is 5.69 Å². The van der Waals surface area contributed by atoms with Crippen LogP contribution in [-0.4, -0.2) is 32.4 Å². The highest BCUT2D eigenvalue weighted by Gasteiger charge is 2.34. The van der Waals surface area contributed by atoms with E-state index in [1.54, 1.807) is 16.4 Å². The maximum Gasteiger partial charge on any atom is 0.247 e. The Labute approximate surface area is 120 Å². The Hall–Kier alpha value is -1.27. The van der Waals surface area contributed by atoms with Gasteiger partial charge in [-0.05, 0) is 37.8 Å². The Bertz CT molecular complexity index is 586. The van der Waals surface area contributed by atoms with Crippen LogP contribution >= 0.6 is 0 Å². The van der Waals surface area contributed by atoms with Gasteiger partial charge in [-0.15, -0.1) is 0 Å². The number of nitrogens with zero attached hydrogens (tertiary/aromatic N) is 1. The first-order valence-electron chi connectivity index (χ1n) is 6.81. The monoisotopic (exact) mass is 298 g/mol. The van der Waals surface area contributed by atoms with Crippen LogP contribution in [0.15, 0.2) is 23.1 Å². The zero-order chi connectivity index (χ0) is 14.9. The summed E-state index contributed by atoms with van der Waals surface area (Å²) in [5.74, 6) is 0.862. The molecule has 1 aliphatic heterocycles. The van der Waals surface area contributed by atoms with Crippen molar-refractivity contribution in [3.05, 3.63) is 18.2 Å². The molecule has 2 unspecified atom stereocenters. The fourth-order valence-corrected chi connectivity index (χ4v) is 4.56. The van der Waals surface area contributed by atoms with Gasteiger partial charge in [0.05, 0.1) is 7.11 Å². The summed E-state index contributed by atoms with van der Waals surface area (Å²) < 4.78 is 32.3. The Balaban J connectivity index is 2.40. The Morgan fingerprint density at radius 3 is 2.65 bits per heavy atom. The van der Waals surface area contributed by atoms with E-state index in [9.17, 15) is 8.42 Å². The molecule has 2 rings (SSSR count). The van der Waals surface area contributed by atoms with Crippen LogP contribution in [-0.2, 0) is 10.0 Å². The highest BCUT2D eigenvalue weighted by Crippen LogP contribution is 2.33. The standard InChI is InChI=1S/C14H22N2O3S/c1-10-6-7-16(11(2)8-10)20(17,18)14-5-4-12(15)9-13(14)19-3/h4-5,9-11H,6-8,15H2,1-3H3. The minimum absolute atomic E-state index is 0.00556. The van der Waals surface area contributed by atoms with Gasteiger partial charge in [-0.25, -0.2) is 8.42 Å². The summed E-state index contributed by atoms with van der Waals surface area (Å²) in [4.78, 5) is 0.190. The van der Waals surface area contributed by atoms with Gasteiger partial charge in [0.25, 0.3) is 0 Å². The van der Waals surface area contributed by atoms with Crippen molar-refractivity contribution in [2.24, 2.45) is 5.92 Å². The number of methoxy groups -OCH3 is 1. The zero-order valence-electron chi connectivity index (χ0n) is 12.2. The Morgan fingerprint density at radius 1 is 1.35 bits per heavy atom. The summed E-state index contributed by atoms with van der Waals surface area (Å²) in [6, 6.07) is 4.66. The van der Waals surface area contributed by atoms with E-state index in [1.807, 2.05) is 6.92 Å². The molecule has 1 aliphatic rings. The normalized spacial score (nSPS) is 24.6. The molecule has 1 aromatic carbocycles. The molecule has 0 amide bonds. The van der Waals surface area contributed by atoms with E-state index < -0.39 is 10.0 Å². The molecule has 2 atom stereocenters. The number of nitrogen functional groups attached to an aromatic ring is 1. The van der Waals surface area contributed by atoms with Crippen LogP contribution in [0.2, 0.25) is 0 Å². The maximum absolute atomic E-state index is 12.8. The van der Waals surface area contributed by atoms with Crippen LogP contribution in [0.25, 0.3) is 0 Å². The predicted octanol–water partition coefficient (Wildman–Crippen LogP) is 2.09. The fraction of sp³-hybridized carbons (Fsp3) is 0.571. The number of ether oxygens (including phenoxy) is 1. The summed E-state index contributed by atoms with van der Waals surface area (Å²) in [5.41, 5.74) is 6.17. The Kier molecular flexibility index (Phi) is 4.25. The van der Waals surface area contributed by atoms with Crippen LogP contribution in [0.1, 0.15) is 26.7 Å². The van der Waals surface area contributed by atoms with Crippen LogP contribution in [0, 0.1) is 5.92 Å². The van der Waals surface area contributed by atoms with Gasteiger partial charge in [-0.1, -0.05) is 6.92 Å². The van der Waals surface area contributed by atoms with Crippen molar-refractivity contribution >= 4 is 15.7 Å². The van der Waals surface area contributed by atoms with E-state index in [-0.39, 0.29) is 10.9 Å². The SMILES string of the molecule is COc1cc(N)ccc1S(=O)(=O)N1CCC(C)CC1C. The molecule has 0 bridgehead atoms. The molecule has 0 spiro atoms. The topological polar surface area (TPSA) is 72.6 Å². The van der Waals surface area contributed by atoms with Crippen molar-refractivity contribution in [2.45, 2.75) is 37.6 Å². The summed E-state index contributed by atoms with van der Waals surface area (Å²) in [6.07, 6.45) is 1.78. The van der Waals surface area contributed by atoms with Crippen molar-refractivity contribution in [1.29, 1.82) is 0 Å². The molecule has 0 aliphatic carbocycles. The number of hydrogen-bond acceptors (Lipinski definition) is 4. The lowest BCUT2D eigenvalue weighted by atomic mass is 9.95. The second kappa shape index (κ2) is 5.61. The molecule has 2 N–H and O–H groups in total. The molecule has 0 radical (unpaired) electrons. The van der Waals surface area contributed by atoms with E-state index in [0.717, 1.165) is 12.8 Å². The maximum atomic E-state index is 12.8. The third-order valence-electron chi connectivity index (χ3n) is 3.85. The number of benzene rings is 1. The Morgan fingerprint density at radius 2 is 2.05 bits per heavy atom. The molecule has 20 heavy (non-hydrogen) atoms. The van der Waals surface area contributed by atoms with Crippen molar-refractivity contribution in [3.8, 4) is 5.75 Å². The smallest absolute Gasteiger partial charge is 0.247 e. The summed E-state index contributed by atoms with van der Waals surface area (Å²) in [6.45, 7) is 4.67. The molecule has 1 saturated heterocycles. The number of hydrogen-bond donors (Lipinski definition) is 1. The number of sulfonamides is 1. The summed E-state index contributed by atoms with van der Waals surface area (Å²) in [7, 11) is -2.09. The molecule has 5 nitrogen and oxygen atoms in total. The van der Waals surface area contributed by atoms with Gasteiger partial charge < -0.3 is 10.5 Å². The second-order valence-electron chi connectivity index (χ2n) is 5.50. The first-order valence-corrected chi connectivity index (χ1v) is 8.25. The average molecular weight is 298 g/mol. The first-order chi connectivity index (χ1) is 9.36. The van der Waals surface area contributed by atoms with Crippen molar-refractivity contribution in [1.82, 2.24) is 4.31 Å². The van der Waals surface area contributed by atoms with E-state index in [0.29, 0.717) is 23.9 Å². The highest BCUT2D eigenvalue weighted by atomic mass is 32.2. The molecular weight excluding hydrogens is 276 g/mol. The molecule has 0 aromatic heterocycles. The van der Waals surface area contributed by atoms with E-state index in [1.165, 1.54) is 13.2 Å². The number of anilines is 1. The third-order valence-corrected chi connectivity index (χ3v) is 5.90. The third kappa shape index (κ3) is 2.76. The molecule has 112 valence electrons. The van der Waals surface area contributed by atoms with Gasteiger partial charge in [0.2, 0.25) is 10.0 Å². The number of rotatable bonds is 3. The van der Waals surface area contributed by atoms with Gasteiger partial charge in [0, 0.05) is 24.3 Å². The largest absolute Gasteiger partial charge is 0.495 e. The molecule has 6 heteroatoms. The van der Waals surface area contributed by atoms with Crippen molar-refractivity contribution in [3.63, 3.8) is 0 Å². The minimum Gasteiger partial charge on any atom is -0.495 e. The lowest BCUT2D eigenvalue weighted by molar-refractivity contribution is 0.219. The van der Waals surface area contributed by atoms with E-state index in [4.69, 9.17) is 10.5 Å². The predicted molar refractivity (Wildman–Crippen MR) is 79.2 cm³/mol. The number of nitrogens with two attached hydrogens (primary N) is 1. The fourth-order valence-electron chi connectivity index (χ4n) is 2.77. The molecule has 1 aromatic rings. The van der Waals surface area contributed by atoms with Gasteiger partial charge in [-0.2, -0.15) is 4.31 Å². The lowest BCUT2D eigenvalue weighted by Crippen LogP contribution is -2.44. The van der Waals surface area contributed by atoms with Crippen molar-refractivity contribution < 1.29 is 13.2 Å². The number of piperidine rings is 1. The lowest BCUT2D eigenvalue weighted by Gasteiger charge is -2.35. The van der Waals surface area contributed by atoms with E-state index >= 15 is 0 Å². The van der Waals surface area contributed by atoms with Gasteiger partial charge in [0.15, 0.2) is 0 Å². The summed E-state index contributed by atoms with van der Waals surface area (Å²) >= 11 is 0. The molecular formula is C14H22N2O3S. The van der Waals surface area contributed by atoms with E-state index in [2.05, 4.69) is 6.92 Å². The minimum atomic E-state index is -3.54. The van der Waals surface area contributed by atoms with Crippen LogP contribution in [0.5, 0.6) is 5.75 Å². The molecule has 0 saturated carbocycles. The second-order valence-corrected chi connectivity index (χ2v) is 7.36. The average Bonchev–Trinajstić information content (AvgIpc) is 2.37. The molecule has 1 fully saturated rings. The highest BCUT2D eigenvalue weighted by molar-refractivity contribution is 7.89. The van der Waals surface area contributed by atoms with Gasteiger partial charge in [0.1, 0.15) is 10.6 Å². The van der Waals surface area contributed by atoms with Crippen LogP contribution in [0.3, 0.4) is 0 Å².